The van der Waals surface area contributed by atoms with Gasteiger partial charge in [-0.3, -0.25) is 9.59 Å². The van der Waals surface area contributed by atoms with Crippen LogP contribution in [0.5, 0.6) is 5.75 Å². The van der Waals surface area contributed by atoms with Crippen molar-refractivity contribution in [2.45, 2.75) is 26.0 Å². The van der Waals surface area contributed by atoms with Crippen LogP contribution in [0.25, 0.3) is 10.6 Å². The Morgan fingerprint density at radius 1 is 1.28 bits per heavy atom. The second-order valence-corrected chi connectivity index (χ2v) is 12.7. The number of sulfonamides is 1. The van der Waals surface area contributed by atoms with Crippen LogP contribution in [0.3, 0.4) is 0 Å². The van der Waals surface area contributed by atoms with Gasteiger partial charge in [-0.1, -0.05) is 25.1 Å². The lowest BCUT2D eigenvalue weighted by atomic mass is 9.99. The molecule has 10 nitrogen and oxygen atoms in total. The number of para-hydroxylation sites is 1. The first-order valence-electron chi connectivity index (χ1n) is 12.4. The number of ether oxygens (including phenoxy) is 1. The Kier molecular flexibility index (Phi) is 8.70. The predicted octanol–water partition coefficient (Wildman–Crippen LogP) is 3.17. The summed E-state index contributed by atoms with van der Waals surface area (Å²) in [6.45, 7) is 3.66. The average Bonchev–Trinajstić information content (AvgIpc) is 3.45. The largest absolute Gasteiger partial charge is 0.486 e. The molecule has 0 spiro atoms. The van der Waals surface area contributed by atoms with E-state index >= 15 is 0 Å². The van der Waals surface area contributed by atoms with Gasteiger partial charge in [-0.05, 0) is 31.2 Å². The molecule has 3 atom stereocenters. The normalized spacial score (nSPS) is 18.6. The second-order valence-electron chi connectivity index (χ2n) is 9.72. The number of aliphatic hydroxyl groups excluding tert-OH is 1. The molecule has 1 aliphatic heterocycles. The van der Waals surface area contributed by atoms with Crippen molar-refractivity contribution in [1.82, 2.24) is 14.2 Å². The summed E-state index contributed by atoms with van der Waals surface area (Å²) in [5.41, 5.74) is 1.80. The van der Waals surface area contributed by atoms with Crippen molar-refractivity contribution in [3.05, 3.63) is 65.2 Å². The summed E-state index contributed by atoms with van der Waals surface area (Å²) in [5, 5.41) is 15.4. The maximum absolute atomic E-state index is 13.6. The van der Waals surface area contributed by atoms with Gasteiger partial charge in [0.05, 0.1) is 36.7 Å². The lowest BCUT2D eigenvalue weighted by molar-refractivity contribution is 0.0389. The standard InChI is InChI=1S/C27H32N4O6S2/c1-17-14-31(18(2)16-32)27(34)21-6-5-7-22(24(21)37-23(17)15-30(3)39(4,35)36)29-25(33)19-8-10-20(11-9-19)26-28-12-13-38-26/h5-13,17-18,23,32H,14-16H2,1-4H3,(H,29,33)/t17-,18+,23-/m0/s1. The summed E-state index contributed by atoms with van der Waals surface area (Å²) >= 11 is 1.50. The number of nitrogens with zero attached hydrogens (tertiary/aromatic N) is 3. The Labute approximate surface area is 232 Å². The number of fused-ring (bicyclic) bond motifs is 1. The minimum Gasteiger partial charge on any atom is -0.486 e. The van der Waals surface area contributed by atoms with E-state index in [0.717, 1.165) is 16.8 Å². The number of nitrogens with one attached hydrogen (secondary N) is 1. The molecular formula is C27H32N4O6S2. The molecule has 0 unspecified atom stereocenters. The van der Waals surface area contributed by atoms with Gasteiger partial charge in [0.25, 0.3) is 11.8 Å². The molecule has 1 aliphatic rings. The Morgan fingerprint density at radius 3 is 2.62 bits per heavy atom. The first-order valence-corrected chi connectivity index (χ1v) is 15.2. The summed E-state index contributed by atoms with van der Waals surface area (Å²) in [4.78, 5) is 32.6. The molecule has 3 aromatic rings. The summed E-state index contributed by atoms with van der Waals surface area (Å²) in [7, 11) is -2.03. The van der Waals surface area contributed by atoms with Crippen molar-refractivity contribution in [1.29, 1.82) is 0 Å². The highest BCUT2D eigenvalue weighted by Crippen LogP contribution is 2.35. The van der Waals surface area contributed by atoms with Gasteiger partial charge in [-0.2, -0.15) is 0 Å². The van der Waals surface area contributed by atoms with Gasteiger partial charge in [-0.25, -0.2) is 17.7 Å². The van der Waals surface area contributed by atoms with Crippen LogP contribution in [-0.4, -0.2) is 84.7 Å². The third kappa shape index (κ3) is 6.47. The SMILES string of the molecule is C[C@H](CO)N1C[C@H](C)[C@H](CN(C)S(C)(=O)=O)Oc2c(NC(=O)c3ccc(-c4nccs4)cc3)cccc2C1=O. The van der Waals surface area contributed by atoms with Crippen LogP contribution in [0.4, 0.5) is 5.69 Å². The molecule has 0 saturated carbocycles. The fourth-order valence-electron chi connectivity index (χ4n) is 4.27. The molecule has 0 aliphatic carbocycles. The van der Waals surface area contributed by atoms with E-state index in [4.69, 9.17) is 4.74 Å². The highest BCUT2D eigenvalue weighted by atomic mass is 32.2. The van der Waals surface area contributed by atoms with Crippen molar-refractivity contribution in [3.8, 4) is 16.3 Å². The molecule has 2 aromatic carbocycles. The number of anilines is 1. The topological polar surface area (TPSA) is 129 Å². The molecule has 0 saturated heterocycles. The number of amides is 2. The summed E-state index contributed by atoms with van der Waals surface area (Å²) in [6, 6.07) is 11.4. The molecule has 2 heterocycles. The van der Waals surface area contributed by atoms with Gasteiger partial charge in [0.1, 0.15) is 11.1 Å². The molecule has 39 heavy (non-hydrogen) atoms. The van der Waals surface area contributed by atoms with E-state index in [1.165, 1.54) is 22.7 Å². The number of carbonyl (C=O) groups is 2. The van der Waals surface area contributed by atoms with E-state index in [1.54, 1.807) is 48.4 Å². The zero-order chi connectivity index (χ0) is 28.3. The van der Waals surface area contributed by atoms with Crippen LogP contribution in [0, 0.1) is 5.92 Å². The highest BCUT2D eigenvalue weighted by molar-refractivity contribution is 7.88. The monoisotopic (exact) mass is 572 g/mol. The molecule has 208 valence electrons. The zero-order valence-electron chi connectivity index (χ0n) is 22.2. The van der Waals surface area contributed by atoms with Gasteiger partial charge >= 0.3 is 0 Å². The molecule has 4 rings (SSSR count). The molecule has 0 radical (unpaired) electrons. The van der Waals surface area contributed by atoms with Crippen LogP contribution in [0.1, 0.15) is 34.6 Å². The van der Waals surface area contributed by atoms with Crippen LogP contribution in [0.2, 0.25) is 0 Å². The number of rotatable bonds is 8. The molecule has 1 aromatic heterocycles. The minimum absolute atomic E-state index is 0.0372. The molecular weight excluding hydrogens is 540 g/mol. The highest BCUT2D eigenvalue weighted by Gasteiger charge is 2.35. The van der Waals surface area contributed by atoms with Crippen LogP contribution >= 0.6 is 11.3 Å². The van der Waals surface area contributed by atoms with Gasteiger partial charge in [-0.15, -0.1) is 11.3 Å². The van der Waals surface area contributed by atoms with Crippen molar-refractivity contribution in [2.24, 2.45) is 5.92 Å². The van der Waals surface area contributed by atoms with Crippen molar-refractivity contribution in [2.75, 3.05) is 38.3 Å². The van der Waals surface area contributed by atoms with Crippen LogP contribution in [0.15, 0.2) is 54.0 Å². The van der Waals surface area contributed by atoms with E-state index in [-0.39, 0.29) is 48.5 Å². The first-order chi connectivity index (χ1) is 18.5. The molecule has 0 bridgehead atoms. The Bertz CT molecular complexity index is 1430. The predicted molar refractivity (Wildman–Crippen MR) is 151 cm³/mol. The van der Waals surface area contributed by atoms with Gasteiger partial charge < -0.3 is 20.1 Å². The first kappa shape index (κ1) is 28.7. The number of aliphatic hydroxyl groups is 1. The number of benzene rings is 2. The van der Waals surface area contributed by atoms with Crippen molar-refractivity contribution in [3.63, 3.8) is 0 Å². The average molecular weight is 573 g/mol. The van der Waals surface area contributed by atoms with Gasteiger partial charge in [0.2, 0.25) is 10.0 Å². The number of carbonyl (C=O) groups excluding carboxylic acids is 2. The van der Waals surface area contributed by atoms with Crippen LogP contribution < -0.4 is 10.1 Å². The van der Waals surface area contributed by atoms with E-state index in [0.29, 0.717) is 5.56 Å². The maximum atomic E-state index is 13.6. The zero-order valence-corrected chi connectivity index (χ0v) is 23.8. The Balaban J connectivity index is 1.69. The van der Waals surface area contributed by atoms with E-state index < -0.39 is 28.1 Å². The number of hydrogen-bond donors (Lipinski definition) is 2. The van der Waals surface area contributed by atoms with Crippen molar-refractivity contribution < 1.29 is 27.9 Å². The van der Waals surface area contributed by atoms with Gasteiger partial charge in [0.15, 0.2) is 5.75 Å². The minimum atomic E-state index is -3.50. The molecule has 12 heteroatoms. The lowest BCUT2D eigenvalue weighted by Gasteiger charge is -2.38. The lowest BCUT2D eigenvalue weighted by Crippen LogP contribution is -2.50. The fraction of sp³-hybridized carbons (Fsp3) is 0.370. The number of hydrogen-bond acceptors (Lipinski definition) is 8. The summed E-state index contributed by atoms with van der Waals surface area (Å²) < 4.78 is 31.9. The fourth-order valence-corrected chi connectivity index (χ4v) is 5.34. The summed E-state index contributed by atoms with van der Waals surface area (Å²) in [5.74, 6) is -0.880. The second kappa shape index (κ2) is 11.8. The van der Waals surface area contributed by atoms with Crippen molar-refractivity contribution >= 4 is 38.9 Å². The quantitative estimate of drug-likeness (QED) is 0.424. The number of aromatic nitrogens is 1. The molecule has 2 N–H and O–H groups in total. The van der Waals surface area contributed by atoms with E-state index in [1.807, 2.05) is 24.4 Å². The molecule has 0 fully saturated rings. The third-order valence-corrected chi connectivity index (χ3v) is 8.87. The van der Waals surface area contributed by atoms with Crippen LogP contribution in [-0.2, 0) is 10.0 Å². The smallest absolute Gasteiger partial charge is 0.258 e. The number of likely N-dealkylation sites (N-methyl/N-ethyl adjacent to an activating group) is 1. The van der Waals surface area contributed by atoms with E-state index in [2.05, 4.69) is 10.3 Å². The number of thiazole rings is 1. The Morgan fingerprint density at radius 2 is 2.00 bits per heavy atom. The molecule has 2 amide bonds. The van der Waals surface area contributed by atoms with Gasteiger partial charge in [0, 0.05) is 42.2 Å². The Hall–Kier alpha value is -3.32. The van der Waals surface area contributed by atoms with E-state index in [9.17, 15) is 23.1 Å². The maximum Gasteiger partial charge on any atom is 0.258 e. The summed E-state index contributed by atoms with van der Waals surface area (Å²) in [6.07, 6.45) is 2.19. The third-order valence-electron chi connectivity index (χ3n) is 6.77.